The normalized spacial score (nSPS) is 12.2. The molecule has 0 aliphatic rings. The van der Waals surface area contributed by atoms with Crippen LogP contribution in [0.1, 0.15) is 12.5 Å². The van der Waals surface area contributed by atoms with E-state index in [9.17, 15) is 8.42 Å². The highest BCUT2D eigenvalue weighted by Gasteiger charge is 2.05. The van der Waals surface area contributed by atoms with Crippen molar-refractivity contribution in [3.05, 3.63) is 34.9 Å². The molecule has 0 bridgehead atoms. The molecule has 1 aromatic rings. The molecule has 0 amide bonds. The minimum atomic E-state index is -3.14. The van der Waals surface area contributed by atoms with Gasteiger partial charge in [-0.15, -0.1) is 0 Å². The monoisotopic (exact) mass is 346 g/mol. The maximum Gasteiger partial charge on any atom is 0.211 e. The molecule has 0 saturated carbocycles. The number of halogens is 1. The zero-order chi connectivity index (χ0) is 16.4. The largest absolute Gasteiger partial charge is 0.356 e. The number of benzene rings is 1. The molecule has 0 heterocycles. The third-order valence-electron chi connectivity index (χ3n) is 2.94. The van der Waals surface area contributed by atoms with E-state index < -0.39 is 10.0 Å². The van der Waals surface area contributed by atoms with Gasteiger partial charge in [-0.25, -0.2) is 13.1 Å². The summed E-state index contributed by atoms with van der Waals surface area (Å²) < 4.78 is 25.0. The highest BCUT2D eigenvalue weighted by atomic mass is 35.5. The van der Waals surface area contributed by atoms with Gasteiger partial charge in [0.1, 0.15) is 0 Å². The van der Waals surface area contributed by atoms with E-state index in [-0.39, 0.29) is 5.75 Å². The van der Waals surface area contributed by atoms with Gasteiger partial charge in [-0.05, 0) is 31.0 Å². The minimum Gasteiger partial charge on any atom is -0.356 e. The van der Waals surface area contributed by atoms with E-state index in [1.807, 2.05) is 24.3 Å². The fourth-order valence-corrected chi connectivity index (χ4v) is 2.56. The van der Waals surface area contributed by atoms with Crippen molar-refractivity contribution in [2.75, 3.05) is 32.4 Å². The minimum absolute atomic E-state index is 0.0829. The number of sulfonamides is 1. The Morgan fingerprint density at radius 3 is 2.59 bits per heavy atom. The third-order valence-corrected chi connectivity index (χ3v) is 4.58. The number of nitrogens with one attached hydrogen (secondary N) is 3. The van der Waals surface area contributed by atoms with Crippen LogP contribution >= 0.6 is 11.6 Å². The van der Waals surface area contributed by atoms with Crippen molar-refractivity contribution in [1.29, 1.82) is 0 Å². The van der Waals surface area contributed by atoms with E-state index in [2.05, 4.69) is 20.3 Å². The molecule has 0 aromatic heterocycles. The number of hydrogen-bond donors (Lipinski definition) is 3. The fourth-order valence-electron chi connectivity index (χ4n) is 1.73. The molecule has 1 aromatic carbocycles. The molecule has 0 atom stereocenters. The van der Waals surface area contributed by atoms with Crippen LogP contribution in [-0.2, 0) is 16.4 Å². The number of aliphatic imine (C=N–C) groups is 1. The van der Waals surface area contributed by atoms with Crippen LogP contribution in [0.4, 0.5) is 0 Å². The van der Waals surface area contributed by atoms with Gasteiger partial charge in [0.25, 0.3) is 0 Å². The zero-order valence-electron chi connectivity index (χ0n) is 12.9. The molecular weight excluding hydrogens is 324 g/mol. The number of rotatable bonds is 8. The van der Waals surface area contributed by atoms with E-state index in [4.69, 9.17) is 11.6 Å². The summed E-state index contributed by atoms with van der Waals surface area (Å²) in [6, 6.07) is 7.71. The van der Waals surface area contributed by atoms with Gasteiger partial charge in [-0.1, -0.05) is 23.7 Å². The van der Waals surface area contributed by atoms with Crippen LogP contribution in [0.3, 0.4) is 0 Å². The first-order chi connectivity index (χ1) is 10.5. The molecule has 0 unspecified atom stereocenters. The lowest BCUT2D eigenvalue weighted by Gasteiger charge is -2.12. The van der Waals surface area contributed by atoms with Crippen molar-refractivity contribution in [3.63, 3.8) is 0 Å². The van der Waals surface area contributed by atoms with Crippen LogP contribution in [0, 0.1) is 0 Å². The molecule has 0 fully saturated rings. The lowest BCUT2D eigenvalue weighted by atomic mass is 10.1. The molecule has 0 saturated heterocycles. The Bertz CT molecular complexity index is 590. The summed E-state index contributed by atoms with van der Waals surface area (Å²) in [7, 11) is -1.47. The van der Waals surface area contributed by atoms with E-state index in [0.717, 1.165) is 17.0 Å². The van der Waals surface area contributed by atoms with Crippen molar-refractivity contribution < 1.29 is 8.42 Å². The summed E-state index contributed by atoms with van der Waals surface area (Å²) in [6.07, 6.45) is 0.823. The van der Waals surface area contributed by atoms with Crippen LogP contribution in [0.5, 0.6) is 0 Å². The van der Waals surface area contributed by atoms with Gasteiger partial charge in [-0.2, -0.15) is 0 Å². The van der Waals surface area contributed by atoms with Gasteiger partial charge >= 0.3 is 0 Å². The van der Waals surface area contributed by atoms with Crippen molar-refractivity contribution in [2.24, 2.45) is 4.99 Å². The number of guanidine groups is 1. The Morgan fingerprint density at radius 2 is 1.95 bits per heavy atom. The Hall–Kier alpha value is -1.31. The fraction of sp³-hybridized carbons (Fsp3) is 0.500. The first-order valence-electron chi connectivity index (χ1n) is 7.13. The van der Waals surface area contributed by atoms with Gasteiger partial charge in [0.05, 0.1) is 5.75 Å². The highest BCUT2D eigenvalue weighted by molar-refractivity contribution is 7.89. The van der Waals surface area contributed by atoms with E-state index in [0.29, 0.717) is 25.6 Å². The summed E-state index contributed by atoms with van der Waals surface area (Å²) in [5.74, 6) is 0.720. The van der Waals surface area contributed by atoms with E-state index >= 15 is 0 Å². The first-order valence-corrected chi connectivity index (χ1v) is 9.16. The maximum atomic E-state index is 11.3. The summed E-state index contributed by atoms with van der Waals surface area (Å²) in [5, 5.41) is 6.94. The van der Waals surface area contributed by atoms with Crippen molar-refractivity contribution in [2.45, 2.75) is 13.3 Å². The highest BCUT2D eigenvalue weighted by Crippen LogP contribution is 2.10. The molecule has 8 heteroatoms. The number of nitrogens with zero attached hydrogens (tertiary/aromatic N) is 1. The van der Waals surface area contributed by atoms with Crippen LogP contribution < -0.4 is 15.4 Å². The van der Waals surface area contributed by atoms with Crippen LogP contribution in [0.2, 0.25) is 5.02 Å². The Kier molecular flexibility index (Phi) is 8.22. The first kappa shape index (κ1) is 18.7. The van der Waals surface area contributed by atoms with Gasteiger partial charge in [-0.3, -0.25) is 4.99 Å². The molecule has 0 aliphatic carbocycles. The molecule has 124 valence electrons. The molecule has 0 spiro atoms. The topological polar surface area (TPSA) is 82.6 Å². The predicted molar refractivity (Wildman–Crippen MR) is 92.0 cm³/mol. The van der Waals surface area contributed by atoms with Gasteiger partial charge < -0.3 is 10.6 Å². The lowest BCUT2D eigenvalue weighted by Crippen LogP contribution is -2.42. The van der Waals surface area contributed by atoms with Gasteiger partial charge in [0, 0.05) is 31.7 Å². The Labute approximate surface area is 137 Å². The second-order valence-corrected chi connectivity index (χ2v) is 7.14. The summed E-state index contributed by atoms with van der Waals surface area (Å²) in [6.45, 7) is 3.11. The van der Waals surface area contributed by atoms with E-state index in [1.54, 1.807) is 14.0 Å². The van der Waals surface area contributed by atoms with Gasteiger partial charge in [0.2, 0.25) is 10.0 Å². The second kappa shape index (κ2) is 9.66. The lowest BCUT2D eigenvalue weighted by molar-refractivity contribution is 0.582. The zero-order valence-corrected chi connectivity index (χ0v) is 14.5. The maximum absolute atomic E-state index is 11.3. The van der Waals surface area contributed by atoms with Gasteiger partial charge in [0.15, 0.2) is 5.96 Å². The SMILES string of the molecule is CCS(=O)(=O)NCCNC(=NC)NCCc1cccc(Cl)c1. The average molecular weight is 347 g/mol. The molecule has 3 N–H and O–H groups in total. The predicted octanol–water partition coefficient (Wildman–Crippen LogP) is 0.987. The number of hydrogen-bond acceptors (Lipinski definition) is 3. The summed E-state index contributed by atoms with van der Waals surface area (Å²) in [4.78, 5) is 4.08. The van der Waals surface area contributed by atoms with E-state index in [1.165, 1.54) is 0 Å². The molecule has 1 rings (SSSR count). The van der Waals surface area contributed by atoms with Crippen LogP contribution in [0.15, 0.2) is 29.3 Å². The van der Waals surface area contributed by atoms with Crippen molar-refractivity contribution in [1.82, 2.24) is 15.4 Å². The Balaban J connectivity index is 2.25. The van der Waals surface area contributed by atoms with Crippen molar-refractivity contribution >= 4 is 27.6 Å². The molecule has 22 heavy (non-hydrogen) atoms. The second-order valence-electron chi connectivity index (χ2n) is 4.60. The average Bonchev–Trinajstić information content (AvgIpc) is 2.49. The van der Waals surface area contributed by atoms with Crippen molar-refractivity contribution in [3.8, 4) is 0 Å². The molecule has 0 aliphatic heterocycles. The standard InChI is InChI=1S/C14H23ClN4O2S/c1-3-22(20,21)19-10-9-18-14(16-2)17-8-7-12-5-4-6-13(15)11-12/h4-6,11,19H,3,7-10H2,1-2H3,(H2,16,17,18). The molecular formula is C14H23ClN4O2S. The van der Waals surface area contributed by atoms with Crippen LogP contribution in [0.25, 0.3) is 0 Å². The third kappa shape index (κ3) is 7.63. The summed E-state index contributed by atoms with van der Waals surface area (Å²) in [5.41, 5.74) is 1.14. The van der Waals surface area contributed by atoms with Crippen LogP contribution in [-0.4, -0.2) is 46.8 Å². The quantitative estimate of drug-likeness (QED) is 0.372. The summed E-state index contributed by atoms with van der Waals surface area (Å²) >= 11 is 5.93. The molecule has 6 nitrogen and oxygen atoms in total. The molecule has 0 radical (unpaired) electrons. The smallest absolute Gasteiger partial charge is 0.211 e. The Morgan fingerprint density at radius 1 is 1.23 bits per heavy atom.